The van der Waals surface area contributed by atoms with E-state index in [9.17, 15) is 9.59 Å². The summed E-state index contributed by atoms with van der Waals surface area (Å²) in [4.78, 5) is 25.9. The topological polar surface area (TPSA) is 61.4 Å². The number of halogens is 2. The van der Waals surface area contributed by atoms with E-state index >= 15 is 0 Å². The van der Waals surface area contributed by atoms with Gasteiger partial charge in [0.25, 0.3) is 0 Å². The molecule has 136 valence electrons. The molecular formula is C19H19Cl2N3O2. The molecule has 1 fully saturated rings. The molecule has 1 atom stereocenters. The van der Waals surface area contributed by atoms with E-state index < -0.39 is 0 Å². The molecule has 2 aromatic rings. The number of anilines is 1. The molecule has 0 radical (unpaired) electrons. The average molecular weight is 392 g/mol. The van der Waals surface area contributed by atoms with Gasteiger partial charge < -0.3 is 15.5 Å². The lowest BCUT2D eigenvalue weighted by atomic mass is 10.1. The van der Waals surface area contributed by atoms with Crippen LogP contribution in [-0.2, 0) is 11.3 Å². The van der Waals surface area contributed by atoms with Crippen molar-refractivity contribution in [2.45, 2.75) is 13.0 Å². The highest BCUT2D eigenvalue weighted by Gasteiger charge is 2.30. The highest BCUT2D eigenvalue weighted by Crippen LogP contribution is 2.25. The SMILES string of the molecule is O=C(NCc1ccc(Cl)cc1)NCC1CC(=O)N(c2ccc(Cl)cc2)C1. The molecule has 1 aliphatic heterocycles. The maximum Gasteiger partial charge on any atom is 0.315 e. The van der Waals surface area contributed by atoms with Crippen molar-refractivity contribution >= 4 is 40.8 Å². The Kier molecular flexibility index (Phi) is 6.01. The molecule has 0 spiro atoms. The second-order valence-corrected chi connectivity index (χ2v) is 7.11. The van der Waals surface area contributed by atoms with Gasteiger partial charge in [-0.05, 0) is 42.0 Å². The Morgan fingerprint density at radius 1 is 1.00 bits per heavy atom. The Balaban J connectivity index is 1.44. The van der Waals surface area contributed by atoms with Gasteiger partial charge in [0.15, 0.2) is 0 Å². The molecule has 1 unspecified atom stereocenters. The number of benzene rings is 2. The number of hydrogen-bond acceptors (Lipinski definition) is 2. The summed E-state index contributed by atoms with van der Waals surface area (Å²) in [6, 6.07) is 14.2. The van der Waals surface area contributed by atoms with E-state index in [0.717, 1.165) is 11.3 Å². The molecule has 1 aliphatic rings. The fourth-order valence-corrected chi connectivity index (χ4v) is 3.12. The molecule has 0 aliphatic carbocycles. The van der Waals surface area contributed by atoms with Crippen molar-refractivity contribution in [1.82, 2.24) is 10.6 Å². The van der Waals surface area contributed by atoms with Crippen LogP contribution in [0.1, 0.15) is 12.0 Å². The zero-order valence-electron chi connectivity index (χ0n) is 14.0. The predicted molar refractivity (Wildman–Crippen MR) is 104 cm³/mol. The van der Waals surface area contributed by atoms with Crippen molar-refractivity contribution in [2.24, 2.45) is 5.92 Å². The molecule has 5 nitrogen and oxygen atoms in total. The van der Waals surface area contributed by atoms with Crippen LogP contribution in [0.5, 0.6) is 0 Å². The van der Waals surface area contributed by atoms with Crippen LogP contribution in [0.2, 0.25) is 10.0 Å². The molecule has 0 bridgehead atoms. The molecular weight excluding hydrogens is 373 g/mol. The zero-order chi connectivity index (χ0) is 18.5. The molecule has 3 amide bonds. The first-order valence-electron chi connectivity index (χ1n) is 8.33. The van der Waals surface area contributed by atoms with Gasteiger partial charge in [-0.3, -0.25) is 4.79 Å². The first-order chi connectivity index (χ1) is 12.5. The normalized spacial score (nSPS) is 16.6. The van der Waals surface area contributed by atoms with E-state index in [1.165, 1.54) is 0 Å². The lowest BCUT2D eigenvalue weighted by molar-refractivity contribution is -0.117. The van der Waals surface area contributed by atoms with Gasteiger partial charge >= 0.3 is 6.03 Å². The van der Waals surface area contributed by atoms with E-state index in [-0.39, 0.29) is 17.9 Å². The molecule has 0 aromatic heterocycles. The second kappa shape index (κ2) is 8.43. The number of nitrogens with zero attached hydrogens (tertiary/aromatic N) is 1. The minimum Gasteiger partial charge on any atom is -0.338 e. The Bertz CT molecular complexity index is 778. The van der Waals surface area contributed by atoms with Gasteiger partial charge in [0.1, 0.15) is 0 Å². The van der Waals surface area contributed by atoms with E-state index in [1.807, 2.05) is 24.3 Å². The Morgan fingerprint density at radius 3 is 2.27 bits per heavy atom. The largest absolute Gasteiger partial charge is 0.338 e. The summed E-state index contributed by atoms with van der Waals surface area (Å²) in [5.74, 6) is 0.139. The number of carbonyl (C=O) groups is 2. The van der Waals surface area contributed by atoms with E-state index in [4.69, 9.17) is 23.2 Å². The summed E-state index contributed by atoms with van der Waals surface area (Å²) in [6.07, 6.45) is 0.417. The lowest BCUT2D eigenvalue weighted by Gasteiger charge is -2.17. The minimum atomic E-state index is -0.252. The van der Waals surface area contributed by atoms with E-state index in [1.54, 1.807) is 29.2 Å². The summed E-state index contributed by atoms with van der Waals surface area (Å²) in [6.45, 7) is 1.45. The molecule has 0 saturated carbocycles. The van der Waals surface area contributed by atoms with Crippen LogP contribution >= 0.6 is 23.2 Å². The Labute approximate surface area is 162 Å². The van der Waals surface area contributed by atoms with Gasteiger partial charge in [-0.15, -0.1) is 0 Å². The standard InChI is InChI=1S/C19H19Cl2N3O2/c20-15-3-1-13(2-4-15)10-22-19(26)23-11-14-9-18(25)24(12-14)17-7-5-16(21)6-8-17/h1-8,14H,9-12H2,(H2,22,23,26). The van der Waals surface area contributed by atoms with Crippen LogP contribution in [-0.4, -0.2) is 25.0 Å². The predicted octanol–water partition coefficient (Wildman–Crippen LogP) is 3.85. The summed E-state index contributed by atoms with van der Waals surface area (Å²) in [7, 11) is 0. The van der Waals surface area contributed by atoms with Crippen LogP contribution in [0.4, 0.5) is 10.5 Å². The van der Waals surface area contributed by atoms with Gasteiger partial charge in [-0.25, -0.2) is 4.79 Å². The molecule has 2 N–H and O–H groups in total. The maximum atomic E-state index is 12.2. The smallest absolute Gasteiger partial charge is 0.315 e. The van der Waals surface area contributed by atoms with Gasteiger partial charge in [-0.2, -0.15) is 0 Å². The molecule has 1 saturated heterocycles. The van der Waals surface area contributed by atoms with E-state index in [0.29, 0.717) is 36.1 Å². The Morgan fingerprint density at radius 2 is 1.62 bits per heavy atom. The summed E-state index contributed by atoms with van der Waals surface area (Å²) in [5.41, 5.74) is 1.79. The van der Waals surface area contributed by atoms with Gasteiger partial charge in [0.05, 0.1) is 0 Å². The molecule has 1 heterocycles. The number of amides is 3. The number of urea groups is 1. The number of nitrogens with one attached hydrogen (secondary N) is 2. The van der Waals surface area contributed by atoms with Gasteiger partial charge in [0, 0.05) is 47.7 Å². The van der Waals surface area contributed by atoms with Crippen LogP contribution < -0.4 is 15.5 Å². The van der Waals surface area contributed by atoms with Gasteiger partial charge in [0.2, 0.25) is 5.91 Å². The number of rotatable bonds is 5. The highest BCUT2D eigenvalue weighted by atomic mass is 35.5. The molecule has 3 rings (SSSR count). The summed E-state index contributed by atoms with van der Waals surface area (Å²) < 4.78 is 0. The summed E-state index contributed by atoms with van der Waals surface area (Å²) >= 11 is 11.7. The van der Waals surface area contributed by atoms with Crippen molar-refractivity contribution in [3.05, 3.63) is 64.1 Å². The third-order valence-electron chi connectivity index (χ3n) is 4.26. The first-order valence-corrected chi connectivity index (χ1v) is 9.09. The quantitative estimate of drug-likeness (QED) is 0.812. The number of hydrogen-bond donors (Lipinski definition) is 2. The lowest BCUT2D eigenvalue weighted by Crippen LogP contribution is -2.38. The molecule has 26 heavy (non-hydrogen) atoms. The van der Waals surface area contributed by atoms with E-state index in [2.05, 4.69) is 10.6 Å². The van der Waals surface area contributed by atoms with Crippen molar-refractivity contribution < 1.29 is 9.59 Å². The van der Waals surface area contributed by atoms with Crippen molar-refractivity contribution in [3.63, 3.8) is 0 Å². The van der Waals surface area contributed by atoms with Crippen molar-refractivity contribution in [1.29, 1.82) is 0 Å². The second-order valence-electron chi connectivity index (χ2n) is 6.24. The fourth-order valence-electron chi connectivity index (χ4n) is 2.87. The minimum absolute atomic E-state index is 0.0562. The average Bonchev–Trinajstić information content (AvgIpc) is 3.01. The summed E-state index contributed by atoms with van der Waals surface area (Å²) in [5, 5.41) is 6.92. The molecule has 7 heteroatoms. The van der Waals surface area contributed by atoms with Gasteiger partial charge in [-0.1, -0.05) is 35.3 Å². The van der Waals surface area contributed by atoms with Crippen molar-refractivity contribution in [2.75, 3.05) is 18.0 Å². The first kappa shape index (κ1) is 18.5. The number of carbonyl (C=O) groups excluding carboxylic acids is 2. The monoisotopic (exact) mass is 391 g/mol. The van der Waals surface area contributed by atoms with Crippen LogP contribution in [0.3, 0.4) is 0 Å². The third kappa shape index (κ3) is 4.90. The van der Waals surface area contributed by atoms with Crippen LogP contribution in [0.15, 0.2) is 48.5 Å². The molecule has 2 aromatic carbocycles. The fraction of sp³-hybridized carbons (Fsp3) is 0.263. The Hall–Kier alpha value is -2.24. The third-order valence-corrected chi connectivity index (χ3v) is 4.76. The zero-order valence-corrected chi connectivity index (χ0v) is 15.6. The maximum absolute atomic E-state index is 12.2. The van der Waals surface area contributed by atoms with Crippen LogP contribution in [0.25, 0.3) is 0 Å². The highest BCUT2D eigenvalue weighted by molar-refractivity contribution is 6.30. The van der Waals surface area contributed by atoms with Crippen molar-refractivity contribution in [3.8, 4) is 0 Å². The van der Waals surface area contributed by atoms with Crippen LogP contribution in [0, 0.1) is 5.92 Å².